The second-order valence-electron chi connectivity index (χ2n) is 4.01. The van der Waals surface area contributed by atoms with E-state index in [-0.39, 0.29) is 5.92 Å². The summed E-state index contributed by atoms with van der Waals surface area (Å²) in [6.07, 6.45) is -2.93. The Labute approximate surface area is 105 Å². The van der Waals surface area contributed by atoms with Gasteiger partial charge in [-0.15, -0.1) is 0 Å². The van der Waals surface area contributed by atoms with Crippen molar-refractivity contribution in [2.24, 2.45) is 5.92 Å². The standard InChI is InChI=1S/C11H17NO6/c1-6(2)9(13)16-8(4)17-11(14)18-10-12-5-7(3)15-10/h6,8,10,12H,3,5H2,1-2,4H3/t8-,10?/m1/s1. The molecule has 0 saturated carbocycles. The van der Waals surface area contributed by atoms with E-state index in [0.717, 1.165) is 0 Å². The molecule has 0 amide bonds. The van der Waals surface area contributed by atoms with E-state index in [9.17, 15) is 9.59 Å². The first-order valence-electron chi connectivity index (χ1n) is 5.54. The van der Waals surface area contributed by atoms with Crippen molar-refractivity contribution in [3.8, 4) is 0 Å². The summed E-state index contributed by atoms with van der Waals surface area (Å²) in [5.74, 6) is -0.291. The van der Waals surface area contributed by atoms with Crippen LogP contribution in [-0.4, -0.2) is 31.4 Å². The van der Waals surface area contributed by atoms with Gasteiger partial charge < -0.3 is 18.9 Å². The molecule has 1 saturated heterocycles. The molecule has 7 heteroatoms. The van der Waals surface area contributed by atoms with Gasteiger partial charge in [-0.3, -0.25) is 4.79 Å². The Morgan fingerprint density at radius 2 is 2.06 bits per heavy atom. The smallest absolute Gasteiger partial charge is 0.445 e. The van der Waals surface area contributed by atoms with Crippen molar-refractivity contribution in [2.75, 3.05) is 6.54 Å². The second-order valence-corrected chi connectivity index (χ2v) is 4.01. The number of rotatable bonds is 4. The van der Waals surface area contributed by atoms with Gasteiger partial charge in [0.25, 0.3) is 0 Å². The Bertz CT molecular complexity index is 340. The summed E-state index contributed by atoms with van der Waals surface area (Å²) in [4.78, 5) is 22.5. The van der Waals surface area contributed by atoms with E-state index in [0.29, 0.717) is 12.3 Å². The summed E-state index contributed by atoms with van der Waals surface area (Å²) in [5.41, 5.74) is 0. The number of carbonyl (C=O) groups excluding carboxylic acids is 2. The van der Waals surface area contributed by atoms with Crippen LogP contribution in [-0.2, 0) is 23.7 Å². The zero-order valence-electron chi connectivity index (χ0n) is 10.6. The van der Waals surface area contributed by atoms with Gasteiger partial charge in [0.1, 0.15) is 5.76 Å². The molecule has 1 fully saturated rings. The largest absolute Gasteiger partial charge is 0.515 e. The normalized spacial score (nSPS) is 20.2. The summed E-state index contributed by atoms with van der Waals surface area (Å²) in [6.45, 7) is 8.72. The third kappa shape index (κ3) is 4.62. The summed E-state index contributed by atoms with van der Waals surface area (Å²) < 4.78 is 19.3. The Kier molecular flexibility index (Phi) is 4.96. The van der Waals surface area contributed by atoms with Gasteiger partial charge in [-0.1, -0.05) is 20.4 Å². The fourth-order valence-corrected chi connectivity index (χ4v) is 1.07. The summed E-state index contributed by atoms with van der Waals surface area (Å²) >= 11 is 0. The zero-order chi connectivity index (χ0) is 13.7. The highest BCUT2D eigenvalue weighted by atomic mass is 16.8. The van der Waals surface area contributed by atoms with Crippen LogP contribution < -0.4 is 5.32 Å². The van der Waals surface area contributed by atoms with E-state index in [1.165, 1.54) is 6.92 Å². The third-order valence-corrected chi connectivity index (χ3v) is 1.96. The highest BCUT2D eigenvalue weighted by Crippen LogP contribution is 2.09. The lowest BCUT2D eigenvalue weighted by Gasteiger charge is -2.16. The van der Waals surface area contributed by atoms with Crippen molar-refractivity contribution in [1.29, 1.82) is 0 Å². The van der Waals surface area contributed by atoms with Crippen LogP contribution in [0.5, 0.6) is 0 Å². The van der Waals surface area contributed by atoms with Gasteiger partial charge in [0, 0.05) is 6.92 Å². The highest BCUT2D eigenvalue weighted by molar-refractivity contribution is 5.71. The van der Waals surface area contributed by atoms with E-state index in [1.807, 2.05) is 0 Å². The lowest BCUT2D eigenvalue weighted by molar-refractivity contribution is -0.176. The van der Waals surface area contributed by atoms with E-state index in [2.05, 4.69) is 11.9 Å². The molecule has 0 spiro atoms. The molecule has 0 aliphatic carbocycles. The minimum atomic E-state index is -1.02. The van der Waals surface area contributed by atoms with Gasteiger partial charge in [-0.05, 0) is 0 Å². The van der Waals surface area contributed by atoms with Crippen molar-refractivity contribution < 1.29 is 28.5 Å². The van der Waals surface area contributed by atoms with Crippen LogP contribution in [0.4, 0.5) is 4.79 Å². The predicted octanol–water partition coefficient (Wildman–Crippen LogP) is 1.10. The van der Waals surface area contributed by atoms with Crippen LogP contribution in [0.1, 0.15) is 20.8 Å². The SMILES string of the molecule is C=C1CNC(OC(=O)O[C@H](C)OC(=O)C(C)C)O1. The Morgan fingerprint density at radius 3 is 2.56 bits per heavy atom. The Hall–Kier alpha value is -1.76. The molecule has 0 radical (unpaired) electrons. The molecule has 7 nitrogen and oxygen atoms in total. The molecule has 1 aliphatic heterocycles. The second kappa shape index (κ2) is 6.25. The average Bonchev–Trinajstić information content (AvgIpc) is 2.62. The number of esters is 1. The topological polar surface area (TPSA) is 83.1 Å². The van der Waals surface area contributed by atoms with Crippen molar-refractivity contribution in [3.05, 3.63) is 12.3 Å². The van der Waals surface area contributed by atoms with Crippen LogP contribution in [0.15, 0.2) is 12.3 Å². The quantitative estimate of drug-likeness (QED) is 0.598. The molecule has 1 heterocycles. The maximum Gasteiger partial charge on any atom is 0.515 e. The van der Waals surface area contributed by atoms with Crippen molar-refractivity contribution in [1.82, 2.24) is 5.32 Å². The number of ether oxygens (including phenoxy) is 4. The first-order valence-corrected chi connectivity index (χ1v) is 5.54. The van der Waals surface area contributed by atoms with Gasteiger partial charge >= 0.3 is 18.5 Å². The summed E-state index contributed by atoms with van der Waals surface area (Å²) in [6, 6.07) is 0. The summed E-state index contributed by atoms with van der Waals surface area (Å²) in [7, 11) is 0. The highest BCUT2D eigenvalue weighted by Gasteiger charge is 2.25. The van der Waals surface area contributed by atoms with Gasteiger partial charge in [0.2, 0.25) is 6.29 Å². The molecular weight excluding hydrogens is 242 g/mol. The Morgan fingerprint density at radius 1 is 1.39 bits per heavy atom. The van der Waals surface area contributed by atoms with Crippen LogP contribution in [0.25, 0.3) is 0 Å². The molecule has 18 heavy (non-hydrogen) atoms. The van der Waals surface area contributed by atoms with Crippen LogP contribution in [0.2, 0.25) is 0 Å². The molecule has 2 atom stereocenters. The van der Waals surface area contributed by atoms with Crippen molar-refractivity contribution in [2.45, 2.75) is 33.5 Å². The predicted molar refractivity (Wildman–Crippen MR) is 60.0 cm³/mol. The van der Waals surface area contributed by atoms with Crippen molar-refractivity contribution in [3.63, 3.8) is 0 Å². The van der Waals surface area contributed by atoms with E-state index < -0.39 is 24.8 Å². The van der Waals surface area contributed by atoms with Crippen LogP contribution in [0.3, 0.4) is 0 Å². The fraction of sp³-hybridized carbons (Fsp3) is 0.636. The van der Waals surface area contributed by atoms with Gasteiger partial charge in [-0.2, -0.15) is 0 Å². The fourth-order valence-electron chi connectivity index (χ4n) is 1.07. The number of hydrogen-bond acceptors (Lipinski definition) is 7. The third-order valence-electron chi connectivity index (χ3n) is 1.96. The molecule has 0 aromatic rings. The summed E-state index contributed by atoms with van der Waals surface area (Å²) in [5, 5.41) is 2.72. The molecule has 1 unspecified atom stereocenters. The monoisotopic (exact) mass is 259 g/mol. The lowest BCUT2D eigenvalue weighted by Crippen LogP contribution is -2.31. The minimum Gasteiger partial charge on any atom is -0.445 e. The number of nitrogens with one attached hydrogen (secondary N) is 1. The lowest BCUT2D eigenvalue weighted by atomic mass is 10.2. The molecule has 0 bridgehead atoms. The number of carbonyl (C=O) groups is 2. The maximum atomic E-state index is 11.3. The van der Waals surface area contributed by atoms with Crippen LogP contribution in [0, 0.1) is 5.92 Å². The van der Waals surface area contributed by atoms with Gasteiger partial charge in [0.05, 0.1) is 12.5 Å². The average molecular weight is 259 g/mol. The molecular formula is C11H17NO6. The molecule has 1 rings (SSSR count). The Balaban J connectivity index is 2.27. The molecule has 1 aliphatic rings. The van der Waals surface area contributed by atoms with E-state index in [4.69, 9.17) is 18.9 Å². The van der Waals surface area contributed by atoms with Crippen LogP contribution >= 0.6 is 0 Å². The number of hydrogen-bond donors (Lipinski definition) is 1. The first kappa shape index (κ1) is 14.3. The van der Waals surface area contributed by atoms with Gasteiger partial charge in [0.15, 0.2) is 0 Å². The minimum absolute atomic E-state index is 0.296. The first-order chi connectivity index (χ1) is 8.38. The van der Waals surface area contributed by atoms with E-state index in [1.54, 1.807) is 13.8 Å². The van der Waals surface area contributed by atoms with E-state index >= 15 is 0 Å². The van der Waals surface area contributed by atoms with Gasteiger partial charge in [-0.25, -0.2) is 10.1 Å². The maximum absolute atomic E-state index is 11.3. The molecule has 0 aromatic carbocycles. The molecule has 1 N–H and O–H groups in total. The molecule has 102 valence electrons. The zero-order valence-corrected chi connectivity index (χ0v) is 10.6. The van der Waals surface area contributed by atoms with Crippen molar-refractivity contribution >= 4 is 12.1 Å². The molecule has 0 aromatic heterocycles.